The van der Waals surface area contributed by atoms with Crippen LogP contribution in [0, 0.1) is 0 Å². The second-order valence-electron chi connectivity index (χ2n) is 3.41. The minimum Gasteiger partial charge on any atom is -0.478 e. The van der Waals surface area contributed by atoms with Crippen molar-refractivity contribution in [2.24, 2.45) is 0 Å². The molecule has 1 heterocycles. The van der Waals surface area contributed by atoms with E-state index in [1.807, 2.05) is 0 Å². The van der Waals surface area contributed by atoms with E-state index in [1.54, 1.807) is 6.92 Å². The summed E-state index contributed by atoms with van der Waals surface area (Å²) in [6.07, 6.45) is 1.64. The first-order valence-electron chi connectivity index (χ1n) is 4.48. The van der Waals surface area contributed by atoms with Crippen molar-refractivity contribution in [3.8, 4) is 0 Å². The van der Waals surface area contributed by atoms with Crippen LogP contribution in [0.3, 0.4) is 0 Å². The Hall–Kier alpha value is -1.36. The molecule has 0 bridgehead atoms. The summed E-state index contributed by atoms with van der Waals surface area (Å²) in [5.74, 6) is -0.896. The van der Waals surface area contributed by atoms with Gasteiger partial charge in [-0.05, 0) is 6.92 Å². The molecule has 0 aromatic carbocycles. The van der Waals surface area contributed by atoms with Crippen molar-refractivity contribution in [2.45, 2.75) is 19.4 Å². The molecule has 0 spiro atoms. The third kappa shape index (κ3) is 3.57. The fourth-order valence-electron chi connectivity index (χ4n) is 1.32. The van der Waals surface area contributed by atoms with Gasteiger partial charge in [-0.3, -0.25) is 4.79 Å². The predicted molar refractivity (Wildman–Crippen MR) is 50.8 cm³/mol. The predicted octanol–water partition coefficient (Wildman–Crippen LogP) is -0.505. The van der Waals surface area contributed by atoms with Crippen molar-refractivity contribution in [3.63, 3.8) is 0 Å². The zero-order chi connectivity index (χ0) is 10.6. The smallest absolute Gasteiger partial charge is 0.328 e. The maximum atomic E-state index is 10.8. The fraction of sp³-hybridized carbons (Fsp3) is 0.556. The van der Waals surface area contributed by atoms with Gasteiger partial charge in [-0.25, -0.2) is 4.79 Å². The van der Waals surface area contributed by atoms with Crippen molar-refractivity contribution >= 4 is 11.9 Å². The standard InChI is InChI=1S/C9H14N2O3/c1-6(2-9(13)14)4-10-7-3-8(12)11-5-7/h2,7,10H,3-5H2,1H3,(H,11,12)(H,13,14). The Kier molecular flexibility index (Phi) is 3.64. The Balaban J connectivity index is 2.27. The molecule has 14 heavy (non-hydrogen) atoms. The summed E-state index contributed by atoms with van der Waals surface area (Å²) in [6, 6.07) is 0.125. The van der Waals surface area contributed by atoms with Crippen molar-refractivity contribution in [1.82, 2.24) is 10.6 Å². The molecule has 0 saturated carbocycles. The number of aliphatic carboxylic acids is 1. The highest BCUT2D eigenvalue weighted by molar-refractivity contribution is 5.80. The molecule has 0 aromatic heterocycles. The maximum Gasteiger partial charge on any atom is 0.328 e. The van der Waals surface area contributed by atoms with Gasteiger partial charge in [0.1, 0.15) is 0 Å². The number of carbonyl (C=O) groups is 2. The van der Waals surface area contributed by atoms with E-state index < -0.39 is 5.97 Å². The van der Waals surface area contributed by atoms with E-state index in [9.17, 15) is 9.59 Å². The van der Waals surface area contributed by atoms with Gasteiger partial charge in [-0.2, -0.15) is 0 Å². The van der Waals surface area contributed by atoms with Crippen LogP contribution in [0.2, 0.25) is 0 Å². The van der Waals surface area contributed by atoms with Crippen LogP contribution in [0.5, 0.6) is 0 Å². The fourth-order valence-corrected chi connectivity index (χ4v) is 1.32. The second kappa shape index (κ2) is 4.76. The summed E-state index contributed by atoms with van der Waals surface area (Å²) in [6.45, 7) is 2.87. The highest BCUT2D eigenvalue weighted by atomic mass is 16.4. The maximum absolute atomic E-state index is 10.8. The largest absolute Gasteiger partial charge is 0.478 e. The molecule has 1 aliphatic heterocycles. The van der Waals surface area contributed by atoms with Gasteiger partial charge < -0.3 is 15.7 Å². The van der Waals surface area contributed by atoms with Gasteiger partial charge in [-0.1, -0.05) is 5.57 Å². The quantitative estimate of drug-likeness (QED) is 0.532. The summed E-state index contributed by atoms with van der Waals surface area (Å²) < 4.78 is 0. The lowest BCUT2D eigenvalue weighted by molar-refractivity contribution is -0.131. The molecule has 78 valence electrons. The second-order valence-corrected chi connectivity index (χ2v) is 3.41. The van der Waals surface area contributed by atoms with E-state index in [0.717, 1.165) is 11.6 Å². The number of rotatable bonds is 4. The molecular weight excluding hydrogens is 184 g/mol. The first kappa shape index (κ1) is 10.7. The lowest BCUT2D eigenvalue weighted by Crippen LogP contribution is -2.32. The van der Waals surface area contributed by atoms with E-state index in [0.29, 0.717) is 19.5 Å². The number of carbonyl (C=O) groups excluding carboxylic acids is 1. The average Bonchev–Trinajstić information content (AvgIpc) is 2.47. The molecule has 0 aromatic rings. The molecule has 1 amide bonds. The van der Waals surface area contributed by atoms with E-state index >= 15 is 0 Å². The summed E-state index contributed by atoms with van der Waals surface area (Å²) in [7, 11) is 0. The number of carboxylic acids is 1. The minimum atomic E-state index is -0.940. The van der Waals surface area contributed by atoms with Crippen LogP contribution in [0.4, 0.5) is 0 Å². The molecule has 5 nitrogen and oxygen atoms in total. The van der Waals surface area contributed by atoms with Crippen molar-refractivity contribution in [2.75, 3.05) is 13.1 Å². The molecule has 1 aliphatic rings. The van der Waals surface area contributed by atoms with Crippen LogP contribution in [-0.2, 0) is 9.59 Å². The lowest BCUT2D eigenvalue weighted by Gasteiger charge is -2.09. The van der Waals surface area contributed by atoms with Crippen molar-refractivity contribution < 1.29 is 14.7 Å². The molecule has 1 rings (SSSR count). The van der Waals surface area contributed by atoms with Crippen LogP contribution in [-0.4, -0.2) is 36.1 Å². The molecular formula is C9H14N2O3. The molecule has 1 atom stereocenters. The normalized spacial score (nSPS) is 22.2. The number of hydrogen-bond donors (Lipinski definition) is 3. The zero-order valence-electron chi connectivity index (χ0n) is 8.04. The summed E-state index contributed by atoms with van der Waals surface area (Å²) >= 11 is 0. The Morgan fingerprint density at radius 1 is 1.79 bits per heavy atom. The van der Waals surface area contributed by atoms with Gasteiger partial charge in [0.25, 0.3) is 0 Å². The van der Waals surface area contributed by atoms with Gasteiger partial charge in [0.2, 0.25) is 5.91 Å². The summed E-state index contributed by atoms with van der Waals surface area (Å²) in [4.78, 5) is 21.1. The average molecular weight is 198 g/mol. The summed E-state index contributed by atoms with van der Waals surface area (Å²) in [5, 5.41) is 14.2. The summed E-state index contributed by atoms with van der Waals surface area (Å²) in [5.41, 5.74) is 0.747. The molecule has 0 aliphatic carbocycles. The number of hydrogen-bond acceptors (Lipinski definition) is 3. The SMILES string of the molecule is CC(=CC(=O)O)CNC1CNC(=O)C1. The molecule has 1 unspecified atom stereocenters. The first-order chi connectivity index (χ1) is 6.58. The third-order valence-corrected chi connectivity index (χ3v) is 2.02. The van der Waals surface area contributed by atoms with Crippen LogP contribution < -0.4 is 10.6 Å². The Morgan fingerprint density at radius 2 is 2.50 bits per heavy atom. The Bertz CT molecular complexity index is 273. The molecule has 0 radical (unpaired) electrons. The minimum absolute atomic E-state index is 0.0439. The molecule has 1 saturated heterocycles. The number of nitrogens with one attached hydrogen (secondary N) is 2. The van der Waals surface area contributed by atoms with Gasteiger partial charge in [0.05, 0.1) is 0 Å². The van der Waals surface area contributed by atoms with E-state index in [1.165, 1.54) is 0 Å². The third-order valence-electron chi connectivity index (χ3n) is 2.02. The Morgan fingerprint density at radius 3 is 3.00 bits per heavy atom. The monoisotopic (exact) mass is 198 g/mol. The van der Waals surface area contributed by atoms with E-state index in [2.05, 4.69) is 10.6 Å². The van der Waals surface area contributed by atoms with Crippen molar-refractivity contribution in [3.05, 3.63) is 11.6 Å². The van der Waals surface area contributed by atoms with Crippen molar-refractivity contribution in [1.29, 1.82) is 0 Å². The van der Waals surface area contributed by atoms with Crippen LogP contribution >= 0.6 is 0 Å². The van der Waals surface area contributed by atoms with E-state index in [-0.39, 0.29) is 11.9 Å². The zero-order valence-corrected chi connectivity index (χ0v) is 8.04. The molecule has 1 fully saturated rings. The molecule has 3 N–H and O–H groups in total. The van der Waals surface area contributed by atoms with Gasteiger partial charge in [0, 0.05) is 31.6 Å². The van der Waals surface area contributed by atoms with Crippen LogP contribution in [0.25, 0.3) is 0 Å². The van der Waals surface area contributed by atoms with Gasteiger partial charge >= 0.3 is 5.97 Å². The van der Waals surface area contributed by atoms with Crippen LogP contribution in [0.1, 0.15) is 13.3 Å². The highest BCUT2D eigenvalue weighted by Crippen LogP contribution is 2.00. The topological polar surface area (TPSA) is 78.4 Å². The highest BCUT2D eigenvalue weighted by Gasteiger charge is 2.20. The van der Waals surface area contributed by atoms with E-state index in [4.69, 9.17) is 5.11 Å². The van der Waals surface area contributed by atoms with Gasteiger partial charge in [-0.15, -0.1) is 0 Å². The number of carboxylic acid groups (broad SMARTS) is 1. The lowest BCUT2D eigenvalue weighted by atomic mass is 10.2. The molecule has 5 heteroatoms. The first-order valence-corrected chi connectivity index (χ1v) is 4.48. The van der Waals surface area contributed by atoms with Crippen LogP contribution in [0.15, 0.2) is 11.6 Å². The van der Waals surface area contributed by atoms with Gasteiger partial charge in [0.15, 0.2) is 0 Å². The Labute approximate surface area is 82.2 Å². The number of amides is 1.